The average molecular weight is 1300 g/mol. The van der Waals surface area contributed by atoms with Crippen molar-refractivity contribution in [3.8, 4) is 0 Å². The van der Waals surface area contributed by atoms with Crippen LogP contribution in [0.5, 0.6) is 0 Å². The number of cyclic esters (lactones) is 4. The largest absolute Gasteiger partial charge is 0.478 e. The first-order valence-electron chi connectivity index (χ1n) is 28.5. The summed E-state index contributed by atoms with van der Waals surface area (Å²) in [6, 6.07) is 12.2. The summed E-state index contributed by atoms with van der Waals surface area (Å²) >= 11 is 0. The first-order chi connectivity index (χ1) is 44.2. The van der Waals surface area contributed by atoms with Gasteiger partial charge in [-0.15, -0.1) is 0 Å². The first kappa shape index (κ1) is 71.8. The normalized spacial score (nSPS) is 13.7. The molecular formula is C66H62O28. The number of rotatable bonds is 32. The molecule has 494 valence electrons. The lowest BCUT2D eigenvalue weighted by molar-refractivity contribution is -0.152. The zero-order valence-electron chi connectivity index (χ0n) is 51.7. The van der Waals surface area contributed by atoms with Crippen LogP contribution in [0, 0.1) is 0 Å². The molecule has 6 rings (SSSR count). The quantitative estimate of drug-likeness (QED) is 0.0158. The standard InChI is InChI=1S/C66H62O28/c1-11-65(10,26-39(27-84-53(72)32(4)5)89-58(77)38-17-21-45-49(25-38)63(82)92-60(45)79)94-64(83)47-24-37(16-19-43(47)52(70)71)56(75)87-29-40(28-85-54(73)33(6)7)90-61(80)46-23-36(15-18-42(46)51(68)69)57(76)88-31-41(30-86-55(74)34(8)9)93-66(12-2,13-3)50(67)35-14-20-44-48(22-35)62(81)91-59(44)78/h14-25,39-41H,4,6,8,11-13,26-31H2,1-3,5,7,9-10H3,(H,68,69)(H,70,71). The summed E-state index contributed by atoms with van der Waals surface area (Å²) in [6.45, 7) is 16.7. The Morgan fingerprint density at radius 1 is 0.436 bits per heavy atom. The van der Waals surface area contributed by atoms with Crippen molar-refractivity contribution in [2.45, 2.75) is 104 Å². The molecule has 0 amide bonds. The van der Waals surface area contributed by atoms with E-state index in [4.69, 9.17) is 42.6 Å². The number of esters is 12. The molecule has 28 heteroatoms. The predicted octanol–water partition coefficient (Wildman–Crippen LogP) is 7.37. The monoisotopic (exact) mass is 1300 g/mol. The number of ether oxygens (including phenoxy) is 11. The third-order valence-electron chi connectivity index (χ3n) is 14.5. The summed E-state index contributed by atoms with van der Waals surface area (Å²) in [6.07, 6.45) is -5.19. The molecule has 28 nitrogen and oxygen atoms in total. The predicted molar refractivity (Wildman–Crippen MR) is 317 cm³/mol. The number of Topliss-reactive ketones (excluding diaryl/α,β-unsaturated/α-hetero) is 1. The summed E-state index contributed by atoms with van der Waals surface area (Å²) in [4.78, 5) is 195. The molecule has 0 radical (unpaired) electrons. The minimum atomic E-state index is -1.79. The minimum absolute atomic E-state index is 0.0293. The van der Waals surface area contributed by atoms with Crippen molar-refractivity contribution in [2.75, 3.05) is 33.0 Å². The average Bonchev–Trinajstić information content (AvgIpc) is 1.47. The number of carbonyl (C=O) groups excluding carboxylic acids is 13. The van der Waals surface area contributed by atoms with Crippen LogP contribution in [0.15, 0.2) is 109 Å². The highest BCUT2D eigenvalue weighted by Gasteiger charge is 2.42. The highest BCUT2D eigenvalue weighted by atomic mass is 16.6. The van der Waals surface area contributed by atoms with Crippen molar-refractivity contribution in [1.82, 2.24) is 0 Å². The van der Waals surface area contributed by atoms with Crippen LogP contribution in [-0.4, -0.2) is 162 Å². The lowest BCUT2D eigenvalue weighted by Crippen LogP contribution is -2.46. The van der Waals surface area contributed by atoms with Crippen LogP contribution >= 0.6 is 0 Å². The van der Waals surface area contributed by atoms with Crippen molar-refractivity contribution >= 4 is 89.4 Å². The summed E-state index contributed by atoms with van der Waals surface area (Å²) in [7, 11) is 0. The van der Waals surface area contributed by atoms with E-state index in [9.17, 15) is 82.1 Å². The molecule has 4 aromatic rings. The maximum Gasteiger partial charge on any atom is 0.346 e. The Hall–Kier alpha value is -11.3. The highest BCUT2D eigenvalue weighted by molar-refractivity contribution is 6.17. The number of aromatic carboxylic acids is 2. The molecule has 4 unspecified atom stereocenters. The number of fused-ring (bicyclic) bond motifs is 2. The molecule has 94 heavy (non-hydrogen) atoms. The van der Waals surface area contributed by atoms with Gasteiger partial charge in [-0.1, -0.05) is 46.6 Å². The van der Waals surface area contributed by atoms with Gasteiger partial charge in [0.1, 0.15) is 56.4 Å². The molecule has 2 N–H and O–H groups in total. The van der Waals surface area contributed by atoms with E-state index in [1.807, 2.05) is 0 Å². The van der Waals surface area contributed by atoms with E-state index in [-0.39, 0.29) is 69.4 Å². The lowest BCUT2D eigenvalue weighted by atomic mass is 9.86. The molecule has 0 bridgehead atoms. The van der Waals surface area contributed by atoms with E-state index < -0.39 is 192 Å². The number of hydrogen-bond acceptors (Lipinski definition) is 26. The Morgan fingerprint density at radius 2 is 0.809 bits per heavy atom. The molecule has 0 aromatic heterocycles. The number of carboxylic acids is 2. The van der Waals surface area contributed by atoms with Gasteiger partial charge in [0.2, 0.25) is 0 Å². The Bertz CT molecular complexity index is 3880. The van der Waals surface area contributed by atoms with Crippen LogP contribution in [-0.2, 0) is 66.5 Å². The van der Waals surface area contributed by atoms with E-state index in [2.05, 4.69) is 29.2 Å². The van der Waals surface area contributed by atoms with Gasteiger partial charge in [0.15, 0.2) is 11.9 Å². The van der Waals surface area contributed by atoms with Crippen molar-refractivity contribution in [3.63, 3.8) is 0 Å². The number of carbonyl (C=O) groups is 15. The zero-order chi connectivity index (χ0) is 69.7. The van der Waals surface area contributed by atoms with Gasteiger partial charge in [-0.05, 0) is 114 Å². The molecule has 2 aliphatic heterocycles. The molecule has 2 aliphatic rings. The van der Waals surface area contributed by atoms with Gasteiger partial charge < -0.3 is 62.3 Å². The van der Waals surface area contributed by atoms with Crippen LogP contribution in [0.2, 0.25) is 0 Å². The zero-order valence-corrected chi connectivity index (χ0v) is 51.7. The van der Waals surface area contributed by atoms with Gasteiger partial charge in [0.05, 0.1) is 61.2 Å². The molecule has 0 fully saturated rings. The number of ketones is 1. The van der Waals surface area contributed by atoms with Gasteiger partial charge >= 0.3 is 83.6 Å². The van der Waals surface area contributed by atoms with Crippen LogP contribution < -0.4 is 0 Å². The number of hydrogen-bond donors (Lipinski definition) is 2. The molecule has 2 heterocycles. The SMILES string of the molecule is C=C(C)C(=O)OCC(CC(C)(CC)OC(=O)c1cc(C(=O)OCC(COC(=O)C(=C)C)OC(=O)c2cc(C(=O)OCC(COC(=O)C(=C)C)OC(CC)(CC)C(=O)c3ccc4c(c3)C(=O)OC4=O)ccc2C(=O)O)ccc1C(=O)O)OC(=O)c1ccc2c(c1)C(=O)OC2=O. The number of benzene rings is 4. The first-order valence-corrected chi connectivity index (χ1v) is 28.5. The van der Waals surface area contributed by atoms with Gasteiger partial charge in [-0.2, -0.15) is 0 Å². The van der Waals surface area contributed by atoms with E-state index in [1.165, 1.54) is 58.9 Å². The minimum Gasteiger partial charge on any atom is -0.478 e. The van der Waals surface area contributed by atoms with E-state index >= 15 is 0 Å². The fraction of sp³-hybridized carbons (Fsp3) is 0.318. The molecule has 4 aromatic carbocycles. The molecule has 0 spiro atoms. The highest BCUT2D eigenvalue weighted by Crippen LogP contribution is 2.32. The van der Waals surface area contributed by atoms with Gasteiger partial charge in [0.25, 0.3) is 0 Å². The van der Waals surface area contributed by atoms with E-state index in [0.717, 1.165) is 48.5 Å². The number of carboxylic acid groups (broad SMARTS) is 2. The fourth-order valence-electron chi connectivity index (χ4n) is 9.06. The van der Waals surface area contributed by atoms with Crippen LogP contribution in [0.25, 0.3) is 0 Å². The van der Waals surface area contributed by atoms with Crippen LogP contribution in [0.3, 0.4) is 0 Å². The second-order valence-corrected chi connectivity index (χ2v) is 21.6. The Balaban J connectivity index is 1.20. The van der Waals surface area contributed by atoms with Crippen LogP contribution in [0.1, 0.15) is 198 Å². The topological polar surface area (TPSA) is 398 Å². The molecular weight excluding hydrogens is 1240 g/mol. The summed E-state index contributed by atoms with van der Waals surface area (Å²) in [5.41, 5.74) is -8.41. The smallest absolute Gasteiger partial charge is 0.346 e. The van der Waals surface area contributed by atoms with Gasteiger partial charge in [-0.25, -0.2) is 67.1 Å². The third kappa shape index (κ3) is 17.4. The molecule has 0 saturated carbocycles. The molecule has 0 saturated heterocycles. The van der Waals surface area contributed by atoms with Gasteiger partial charge in [0, 0.05) is 28.7 Å². The third-order valence-corrected chi connectivity index (χ3v) is 14.5. The maximum absolute atomic E-state index is 14.2. The lowest BCUT2D eigenvalue weighted by Gasteiger charge is -2.34. The maximum atomic E-state index is 14.2. The second-order valence-electron chi connectivity index (χ2n) is 21.6. The summed E-state index contributed by atoms with van der Waals surface area (Å²) < 4.78 is 59.2. The molecule has 4 atom stereocenters. The van der Waals surface area contributed by atoms with Crippen LogP contribution in [0.4, 0.5) is 0 Å². The van der Waals surface area contributed by atoms with Crippen molar-refractivity contribution in [2.24, 2.45) is 0 Å². The summed E-state index contributed by atoms with van der Waals surface area (Å²) in [5.74, 6) is -17.2. The van der Waals surface area contributed by atoms with Crippen molar-refractivity contribution in [3.05, 3.63) is 176 Å². The Morgan fingerprint density at radius 3 is 1.26 bits per heavy atom. The molecule has 0 aliphatic carbocycles. The van der Waals surface area contributed by atoms with E-state index in [0.29, 0.717) is 0 Å². The van der Waals surface area contributed by atoms with E-state index in [1.54, 1.807) is 13.8 Å². The van der Waals surface area contributed by atoms with Crippen molar-refractivity contribution < 1.29 is 134 Å². The second kappa shape index (κ2) is 30.7. The van der Waals surface area contributed by atoms with Crippen molar-refractivity contribution in [1.29, 1.82) is 0 Å². The summed E-state index contributed by atoms with van der Waals surface area (Å²) in [5, 5.41) is 20.3. The Labute approximate surface area is 534 Å². The van der Waals surface area contributed by atoms with Gasteiger partial charge in [-0.3, -0.25) is 4.79 Å². The fourth-order valence-corrected chi connectivity index (χ4v) is 9.06. The Kier molecular flexibility index (Phi) is 23.4.